The van der Waals surface area contributed by atoms with Crippen LogP contribution in [0.25, 0.3) is 0 Å². The van der Waals surface area contributed by atoms with Crippen molar-refractivity contribution in [1.82, 2.24) is 24.8 Å². The van der Waals surface area contributed by atoms with E-state index < -0.39 is 0 Å². The molecule has 0 aromatic carbocycles. The zero-order valence-electron chi connectivity index (χ0n) is 13.2. The van der Waals surface area contributed by atoms with Gasteiger partial charge in [0, 0.05) is 39.2 Å². The van der Waals surface area contributed by atoms with Crippen LogP contribution in [0.5, 0.6) is 0 Å². The normalized spacial score (nSPS) is 22.4. The van der Waals surface area contributed by atoms with E-state index in [0.717, 1.165) is 44.0 Å². The minimum absolute atomic E-state index is 0.199. The number of aromatic nitrogens is 4. The van der Waals surface area contributed by atoms with Crippen molar-refractivity contribution >= 4 is 11.6 Å². The molecule has 2 fully saturated rings. The van der Waals surface area contributed by atoms with E-state index in [1.54, 1.807) is 13.1 Å². The van der Waals surface area contributed by atoms with Crippen LogP contribution in [0.4, 0.5) is 5.69 Å². The maximum atomic E-state index is 11.8. The van der Waals surface area contributed by atoms with E-state index in [1.807, 2.05) is 15.8 Å². The van der Waals surface area contributed by atoms with Crippen molar-refractivity contribution in [3.05, 3.63) is 24.1 Å². The molecule has 2 aromatic heterocycles. The highest BCUT2D eigenvalue weighted by molar-refractivity contribution is 5.95. The summed E-state index contributed by atoms with van der Waals surface area (Å²) in [6, 6.07) is 0.328. The van der Waals surface area contributed by atoms with Crippen molar-refractivity contribution in [3.63, 3.8) is 0 Å². The number of likely N-dealkylation sites (tertiary alicyclic amines) is 1. The van der Waals surface area contributed by atoms with Gasteiger partial charge in [-0.2, -0.15) is 10.1 Å². The predicted molar refractivity (Wildman–Crippen MR) is 81.8 cm³/mol. The summed E-state index contributed by atoms with van der Waals surface area (Å²) >= 11 is 0. The van der Waals surface area contributed by atoms with Gasteiger partial charge < -0.3 is 9.42 Å². The molecule has 1 unspecified atom stereocenters. The second-order valence-electron chi connectivity index (χ2n) is 6.23. The lowest BCUT2D eigenvalue weighted by Gasteiger charge is -2.14. The molecule has 2 aromatic rings. The van der Waals surface area contributed by atoms with Crippen LogP contribution in [-0.4, -0.2) is 50.4 Å². The summed E-state index contributed by atoms with van der Waals surface area (Å²) in [5.74, 6) is 1.53. The molecule has 2 aliphatic heterocycles. The molecule has 0 bridgehead atoms. The summed E-state index contributed by atoms with van der Waals surface area (Å²) in [6.45, 7) is 5.19. The van der Waals surface area contributed by atoms with Gasteiger partial charge in [-0.05, 0) is 12.8 Å². The second-order valence-corrected chi connectivity index (χ2v) is 6.23. The standard InChI is InChI=1S/C15H20N6O2/c1-11-17-14(18-23-11)10-19-6-4-12(8-19)21-9-13(7-16-21)20-5-2-3-15(20)22/h7,9,12H,2-6,8,10H2,1H3. The first-order valence-electron chi connectivity index (χ1n) is 8.05. The summed E-state index contributed by atoms with van der Waals surface area (Å²) in [6.07, 6.45) is 6.41. The number of rotatable bonds is 4. The lowest BCUT2D eigenvalue weighted by atomic mass is 10.3. The van der Waals surface area contributed by atoms with E-state index in [9.17, 15) is 4.79 Å². The maximum Gasteiger partial charge on any atom is 0.227 e. The molecule has 0 spiro atoms. The molecule has 0 radical (unpaired) electrons. The SMILES string of the molecule is Cc1nc(CN2CCC(n3cc(N4CCCC4=O)cn3)C2)no1. The molecular formula is C15H20N6O2. The van der Waals surface area contributed by atoms with E-state index in [1.165, 1.54) is 0 Å². The van der Waals surface area contributed by atoms with Crippen LogP contribution in [0.2, 0.25) is 0 Å². The Morgan fingerprint density at radius 3 is 3.04 bits per heavy atom. The Balaban J connectivity index is 1.40. The van der Waals surface area contributed by atoms with E-state index >= 15 is 0 Å². The molecule has 4 heterocycles. The highest BCUT2D eigenvalue weighted by atomic mass is 16.5. The number of anilines is 1. The van der Waals surface area contributed by atoms with Crippen molar-refractivity contribution in [2.24, 2.45) is 0 Å². The molecular weight excluding hydrogens is 296 g/mol. The number of amides is 1. The molecule has 23 heavy (non-hydrogen) atoms. The topological polar surface area (TPSA) is 80.3 Å². The van der Waals surface area contributed by atoms with Crippen LogP contribution >= 0.6 is 0 Å². The van der Waals surface area contributed by atoms with E-state index in [0.29, 0.717) is 24.9 Å². The van der Waals surface area contributed by atoms with Crippen molar-refractivity contribution in [1.29, 1.82) is 0 Å². The van der Waals surface area contributed by atoms with Crippen molar-refractivity contribution < 1.29 is 9.32 Å². The van der Waals surface area contributed by atoms with Gasteiger partial charge in [0.15, 0.2) is 5.82 Å². The third kappa shape index (κ3) is 2.86. The number of aryl methyl sites for hydroxylation is 1. The fourth-order valence-corrected chi connectivity index (χ4v) is 3.37. The van der Waals surface area contributed by atoms with E-state index in [2.05, 4.69) is 20.1 Å². The molecule has 2 saturated heterocycles. The largest absolute Gasteiger partial charge is 0.340 e. The lowest BCUT2D eigenvalue weighted by molar-refractivity contribution is -0.117. The zero-order valence-corrected chi connectivity index (χ0v) is 13.2. The van der Waals surface area contributed by atoms with Crippen molar-refractivity contribution in [2.75, 3.05) is 24.5 Å². The Bertz CT molecular complexity index is 708. The van der Waals surface area contributed by atoms with Gasteiger partial charge in [-0.3, -0.25) is 14.4 Å². The van der Waals surface area contributed by atoms with Crippen LogP contribution in [0.1, 0.15) is 37.0 Å². The number of nitrogens with zero attached hydrogens (tertiary/aromatic N) is 6. The highest BCUT2D eigenvalue weighted by Gasteiger charge is 2.27. The summed E-state index contributed by atoms with van der Waals surface area (Å²) in [5, 5.41) is 8.42. The Kier molecular flexibility index (Phi) is 3.60. The summed E-state index contributed by atoms with van der Waals surface area (Å²) in [4.78, 5) is 20.2. The number of hydrogen-bond acceptors (Lipinski definition) is 6. The Labute approximate surface area is 134 Å². The monoisotopic (exact) mass is 316 g/mol. The number of hydrogen-bond donors (Lipinski definition) is 0. The average molecular weight is 316 g/mol. The maximum absolute atomic E-state index is 11.8. The number of carbonyl (C=O) groups excluding carboxylic acids is 1. The smallest absolute Gasteiger partial charge is 0.227 e. The Morgan fingerprint density at radius 1 is 1.39 bits per heavy atom. The average Bonchev–Trinajstić information content (AvgIpc) is 3.27. The van der Waals surface area contributed by atoms with Gasteiger partial charge in [0.2, 0.25) is 11.8 Å². The van der Waals surface area contributed by atoms with Gasteiger partial charge in [-0.25, -0.2) is 0 Å². The molecule has 0 N–H and O–H groups in total. The van der Waals surface area contributed by atoms with E-state index in [-0.39, 0.29) is 5.91 Å². The summed E-state index contributed by atoms with van der Waals surface area (Å²) in [5.41, 5.74) is 0.916. The molecule has 122 valence electrons. The first-order valence-corrected chi connectivity index (χ1v) is 8.05. The van der Waals surface area contributed by atoms with E-state index in [4.69, 9.17) is 4.52 Å². The van der Waals surface area contributed by atoms with Gasteiger partial charge >= 0.3 is 0 Å². The molecule has 0 aliphatic carbocycles. The number of carbonyl (C=O) groups is 1. The fourth-order valence-electron chi connectivity index (χ4n) is 3.37. The first kappa shape index (κ1) is 14.4. The molecule has 8 nitrogen and oxygen atoms in total. The van der Waals surface area contributed by atoms with Crippen LogP contribution in [0, 0.1) is 6.92 Å². The third-order valence-corrected chi connectivity index (χ3v) is 4.53. The first-order chi connectivity index (χ1) is 11.2. The van der Waals surface area contributed by atoms with Gasteiger partial charge in [0.25, 0.3) is 0 Å². The third-order valence-electron chi connectivity index (χ3n) is 4.53. The van der Waals surface area contributed by atoms with Gasteiger partial charge in [0.05, 0.1) is 24.5 Å². The zero-order chi connectivity index (χ0) is 15.8. The minimum Gasteiger partial charge on any atom is -0.340 e. The molecule has 1 atom stereocenters. The Hall–Kier alpha value is -2.22. The highest BCUT2D eigenvalue weighted by Crippen LogP contribution is 2.26. The van der Waals surface area contributed by atoms with Gasteiger partial charge in [0.1, 0.15) is 0 Å². The van der Waals surface area contributed by atoms with Crippen LogP contribution < -0.4 is 4.90 Å². The van der Waals surface area contributed by atoms with Crippen LogP contribution in [-0.2, 0) is 11.3 Å². The molecule has 8 heteroatoms. The predicted octanol–water partition coefficient (Wildman–Crippen LogP) is 1.15. The minimum atomic E-state index is 0.199. The quantitative estimate of drug-likeness (QED) is 0.842. The van der Waals surface area contributed by atoms with Crippen LogP contribution in [0.3, 0.4) is 0 Å². The summed E-state index contributed by atoms with van der Waals surface area (Å²) < 4.78 is 7.00. The Morgan fingerprint density at radius 2 is 2.30 bits per heavy atom. The fraction of sp³-hybridized carbons (Fsp3) is 0.600. The molecule has 0 saturated carbocycles. The van der Waals surface area contributed by atoms with Gasteiger partial charge in [-0.15, -0.1) is 0 Å². The molecule has 1 amide bonds. The van der Waals surface area contributed by atoms with Crippen molar-refractivity contribution in [2.45, 2.75) is 38.8 Å². The van der Waals surface area contributed by atoms with Gasteiger partial charge in [-0.1, -0.05) is 5.16 Å². The van der Waals surface area contributed by atoms with Crippen molar-refractivity contribution in [3.8, 4) is 0 Å². The van der Waals surface area contributed by atoms with Crippen LogP contribution in [0.15, 0.2) is 16.9 Å². The molecule has 4 rings (SSSR count). The lowest BCUT2D eigenvalue weighted by Crippen LogP contribution is -2.23. The summed E-state index contributed by atoms with van der Waals surface area (Å²) in [7, 11) is 0. The second kappa shape index (κ2) is 5.77. The molecule has 2 aliphatic rings.